The largest absolute Gasteiger partial charge is 0.488 e. The van der Waals surface area contributed by atoms with E-state index in [1.54, 1.807) is 18.2 Å². The molecule has 0 spiro atoms. The van der Waals surface area contributed by atoms with Crippen LogP contribution in [0.2, 0.25) is 0 Å². The Bertz CT molecular complexity index is 268. The Morgan fingerprint density at radius 2 is 2.15 bits per heavy atom. The summed E-state index contributed by atoms with van der Waals surface area (Å²) in [5.41, 5.74) is 6.63. The molecule has 5 N–H and O–H groups in total. The molecular weight excluding hydrogens is 167 g/mol. The van der Waals surface area contributed by atoms with E-state index >= 15 is 0 Å². The number of anilines is 1. The van der Waals surface area contributed by atoms with Gasteiger partial charge in [-0.05, 0) is 17.6 Å². The first-order valence-electron chi connectivity index (χ1n) is 4.14. The van der Waals surface area contributed by atoms with Crippen LogP contribution in [0.15, 0.2) is 24.3 Å². The van der Waals surface area contributed by atoms with Crippen molar-refractivity contribution in [3.8, 4) is 0 Å². The molecule has 5 heteroatoms. The van der Waals surface area contributed by atoms with E-state index in [4.69, 9.17) is 15.8 Å². The Labute approximate surface area is 77.5 Å². The first-order chi connectivity index (χ1) is 6.24. The zero-order valence-electron chi connectivity index (χ0n) is 7.27. The van der Waals surface area contributed by atoms with Gasteiger partial charge >= 0.3 is 7.12 Å². The van der Waals surface area contributed by atoms with E-state index < -0.39 is 7.12 Å². The summed E-state index contributed by atoms with van der Waals surface area (Å²) in [6.07, 6.45) is 0. The third kappa shape index (κ3) is 3.06. The molecule has 0 saturated carbocycles. The van der Waals surface area contributed by atoms with E-state index in [1.165, 1.54) is 0 Å². The molecule has 0 radical (unpaired) electrons. The number of rotatable bonds is 4. The number of hydrogen-bond donors (Lipinski definition) is 4. The Kier molecular flexibility index (Phi) is 3.76. The SMILES string of the molecule is NCCNc1cccc(B(O)O)c1. The van der Waals surface area contributed by atoms with Gasteiger partial charge in [0.15, 0.2) is 0 Å². The zero-order chi connectivity index (χ0) is 9.68. The van der Waals surface area contributed by atoms with Gasteiger partial charge in [-0.2, -0.15) is 0 Å². The fourth-order valence-electron chi connectivity index (χ4n) is 1.03. The van der Waals surface area contributed by atoms with Crippen LogP contribution in [-0.4, -0.2) is 30.3 Å². The van der Waals surface area contributed by atoms with Crippen LogP contribution < -0.4 is 16.5 Å². The van der Waals surface area contributed by atoms with Gasteiger partial charge in [0.2, 0.25) is 0 Å². The molecule has 0 amide bonds. The summed E-state index contributed by atoms with van der Waals surface area (Å²) in [6, 6.07) is 6.94. The third-order valence-electron chi connectivity index (χ3n) is 1.66. The predicted molar refractivity (Wildman–Crippen MR) is 53.8 cm³/mol. The van der Waals surface area contributed by atoms with Crippen LogP contribution in [0.5, 0.6) is 0 Å². The van der Waals surface area contributed by atoms with Crippen molar-refractivity contribution in [3.63, 3.8) is 0 Å². The molecule has 0 aliphatic carbocycles. The van der Waals surface area contributed by atoms with Gasteiger partial charge in [0.25, 0.3) is 0 Å². The lowest BCUT2D eigenvalue weighted by Gasteiger charge is -2.06. The second kappa shape index (κ2) is 4.86. The molecule has 0 aromatic heterocycles. The van der Waals surface area contributed by atoms with E-state index in [1.807, 2.05) is 6.07 Å². The van der Waals surface area contributed by atoms with Gasteiger partial charge in [-0.25, -0.2) is 0 Å². The van der Waals surface area contributed by atoms with E-state index in [-0.39, 0.29) is 0 Å². The van der Waals surface area contributed by atoms with Crippen molar-refractivity contribution in [1.29, 1.82) is 0 Å². The average molecular weight is 180 g/mol. The summed E-state index contributed by atoms with van der Waals surface area (Å²) in [5, 5.41) is 20.8. The maximum atomic E-state index is 8.88. The molecule has 13 heavy (non-hydrogen) atoms. The molecule has 0 aliphatic heterocycles. The first kappa shape index (κ1) is 10.0. The molecular formula is C8H13BN2O2. The Morgan fingerprint density at radius 3 is 2.77 bits per heavy atom. The van der Waals surface area contributed by atoms with Crippen LogP contribution >= 0.6 is 0 Å². The minimum atomic E-state index is -1.42. The highest BCUT2D eigenvalue weighted by atomic mass is 16.4. The second-order valence-corrected chi connectivity index (χ2v) is 2.71. The fraction of sp³-hybridized carbons (Fsp3) is 0.250. The second-order valence-electron chi connectivity index (χ2n) is 2.71. The van der Waals surface area contributed by atoms with E-state index in [2.05, 4.69) is 5.32 Å². The predicted octanol–water partition coefficient (Wildman–Crippen LogP) is -1.26. The summed E-state index contributed by atoms with van der Waals surface area (Å²) >= 11 is 0. The van der Waals surface area contributed by atoms with Crippen LogP contribution in [0, 0.1) is 0 Å². The van der Waals surface area contributed by atoms with Crippen molar-refractivity contribution >= 4 is 18.3 Å². The molecule has 1 aromatic rings. The summed E-state index contributed by atoms with van der Waals surface area (Å²) in [6.45, 7) is 1.22. The average Bonchev–Trinajstić information content (AvgIpc) is 2.15. The maximum Gasteiger partial charge on any atom is 0.488 e. The van der Waals surface area contributed by atoms with Crippen LogP contribution in [0.1, 0.15) is 0 Å². The van der Waals surface area contributed by atoms with Gasteiger partial charge in [-0.15, -0.1) is 0 Å². The molecule has 0 saturated heterocycles. The molecule has 0 atom stereocenters. The molecule has 1 rings (SSSR count). The molecule has 70 valence electrons. The van der Waals surface area contributed by atoms with Crippen molar-refractivity contribution in [2.75, 3.05) is 18.4 Å². The van der Waals surface area contributed by atoms with Crippen LogP contribution in [0.4, 0.5) is 5.69 Å². The Hall–Kier alpha value is -1.04. The minimum absolute atomic E-state index is 0.474. The molecule has 0 aliphatic rings. The summed E-state index contributed by atoms with van der Waals surface area (Å²) in [4.78, 5) is 0. The van der Waals surface area contributed by atoms with Crippen LogP contribution in [0.25, 0.3) is 0 Å². The van der Waals surface area contributed by atoms with Gasteiger partial charge in [-0.1, -0.05) is 12.1 Å². The maximum absolute atomic E-state index is 8.88. The molecule has 4 nitrogen and oxygen atoms in total. The topological polar surface area (TPSA) is 78.5 Å². The third-order valence-corrected chi connectivity index (χ3v) is 1.66. The lowest BCUT2D eigenvalue weighted by molar-refractivity contribution is 0.426. The quantitative estimate of drug-likeness (QED) is 0.436. The van der Waals surface area contributed by atoms with Gasteiger partial charge in [0.05, 0.1) is 0 Å². The summed E-state index contributed by atoms with van der Waals surface area (Å²) < 4.78 is 0. The van der Waals surface area contributed by atoms with Crippen molar-refractivity contribution in [3.05, 3.63) is 24.3 Å². The van der Waals surface area contributed by atoms with Crippen molar-refractivity contribution in [2.45, 2.75) is 0 Å². The number of benzene rings is 1. The van der Waals surface area contributed by atoms with E-state index in [0.29, 0.717) is 18.6 Å². The minimum Gasteiger partial charge on any atom is -0.423 e. The highest BCUT2D eigenvalue weighted by Gasteiger charge is 2.09. The Balaban J connectivity index is 2.68. The number of nitrogens with one attached hydrogen (secondary N) is 1. The highest BCUT2D eigenvalue weighted by Crippen LogP contribution is 2.02. The van der Waals surface area contributed by atoms with Crippen molar-refractivity contribution in [1.82, 2.24) is 0 Å². The normalized spacial score (nSPS) is 9.77. The fourth-order valence-corrected chi connectivity index (χ4v) is 1.03. The molecule has 1 aromatic carbocycles. The zero-order valence-corrected chi connectivity index (χ0v) is 7.27. The van der Waals surface area contributed by atoms with Crippen LogP contribution in [0.3, 0.4) is 0 Å². The van der Waals surface area contributed by atoms with Crippen LogP contribution in [-0.2, 0) is 0 Å². The Morgan fingerprint density at radius 1 is 1.38 bits per heavy atom. The highest BCUT2D eigenvalue weighted by molar-refractivity contribution is 6.58. The lowest BCUT2D eigenvalue weighted by Crippen LogP contribution is -2.29. The monoisotopic (exact) mass is 180 g/mol. The summed E-state index contributed by atoms with van der Waals surface area (Å²) in [7, 11) is -1.42. The molecule has 0 unspecified atom stereocenters. The molecule has 0 fully saturated rings. The summed E-state index contributed by atoms with van der Waals surface area (Å²) in [5.74, 6) is 0. The first-order valence-corrected chi connectivity index (χ1v) is 4.14. The van der Waals surface area contributed by atoms with E-state index in [9.17, 15) is 0 Å². The van der Waals surface area contributed by atoms with Gasteiger partial charge in [0.1, 0.15) is 0 Å². The van der Waals surface area contributed by atoms with E-state index in [0.717, 1.165) is 5.69 Å². The number of hydrogen-bond acceptors (Lipinski definition) is 4. The van der Waals surface area contributed by atoms with Gasteiger partial charge < -0.3 is 21.1 Å². The standard InChI is InChI=1S/C8H13BN2O2/c10-4-5-11-8-3-1-2-7(6-8)9(12)13/h1-3,6,11-13H,4-5,10H2. The van der Waals surface area contributed by atoms with Gasteiger partial charge in [-0.3, -0.25) is 0 Å². The molecule has 0 heterocycles. The van der Waals surface area contributed by atoms with Gasteiger partial charge in [0, 0.05) is 18.8 Å². The van der Waals surface area contributed by atoms with Crippen molar-refractivity contribution in [2.24, 2.45) is 5.73 Å². The smallest absolute Gasteiger partial charge is 0.423 e. The molecule has 0 bridgehead atoms. The lowest BCUT2D eigenvalue weighted by atomic mass is 9.80. The van der Waals surface area contributed by atoms with Crippen molar-refractivity contribution < 1.29 is 10.0 Å². The number of nitrogens with two attached hydrogens (primary N) is 1.